The maximum atomic E-state index is 13.8. The SMILES string of the molecule is CC(C)(C)OC(=O)N1CCC(O)(c2ccc(F)c3ccoc23)CC1. The molecule has 2 heterocycles. The summed E-state index contributed by atoms with van der Waals surface area (Å²) in [7, 11) is 0. The van der Waals surface area contributed by atoms with Crippen LogP contribution in [0.1, 0.15) is 39.2 Å². The first kappa shape index (κ1) is 16.8. The largest absolute Gasteiger partial charge is 0.464 e. The number of benzene rings is 1. The lowest BCUT2D eigenvalue weighted by molar-refractivity contribution is -0.0352. The molecule has 0 radical (unpaired) electrons. The lowest BCUT2D eigenvalue weighted by Gasteiger charge is -2.38. The molecule has 1 aromatic carbocycles. The van der Waals surface area contributed by atoms with Crippen LogP contribution in [-0.4, -0.2) is 34.8 Å². The second kappa shape index (κ2) is 5.77. The fraction of sp³-hybridized carbons (Fsp3) is 0.500. The van der Waals surface area contributed by atoms with Crippen molar-refractivity contribution in [3.05, 3.63) is 35.8 Å². The predicted molar refractivity (Wildman–Crippen MR) is 87.1 cm³/mol. The summed E-state index contributed by atoms with van der Waals surface area (Å²) < 4.78 is 24.6. The maximum Gasteiger partial charge on any atom is 0.410 e. The Morgan fingerprint density at radius 1 is 1.29 bits per heavy atom. The Hall–Kier alpha value is -2.08. The number of aliphatic hydroxyl groups is 1. The van der Waals surface area contributed by atoms with Gasteiger partial charge in [0.15, 0.2) is 0 Å². The van der Waals surface area contributed by atoms with Gasteiger partial charge in [-0.05, 0) is 51.8 Å². The van der Waals surface area contributed by atoms with Crippen molar-refractivity contribution in [1.82, 2.24) is 4.90 Å². The number of likely N-dealkylation sites (tertiary alicyclic amines) is 1. The van der Waals surface area contributed by atoms with E-state index >= 15 is 0 Å². The smallest absolute Gasteiger partial charge is 0.410 e. The van der Waals surface area contributed by atoms with Crippen molar-refractivity contribution in [3.8, 4) is 0 Å². The van der Waals surface area contributed by atoms with Crippen molar-refractivity contribution in [3.63, 3.8) is 0 Å². The zero-order chi connectivity index (χ0) is 17.5. The third kappa shape index (κ3) is 3.11. The number of carbonyl (C=O) groups excluding carboxylic acids is 1. The van der Waals surface area contributed by atoms with Crippen LogP contribution in [0.2, 0.25) is 0 Å². The van der Waals surface area contributed by atoms with E-state index in [0.717, 1.165) is 0 Å². The highest BCUT2D eigenvalue weighted by atomic mass is 19.1. The van der Waals surface area contributed by atoms with E-state index in [1.807, 2.05) is 20.8 Å². The highest BCUT2D eigenvalue weighted by Crippen LogP contribution is 2.38. The van der Waals surface area contributed by atoms with Gasteiger partial charge in [-0.15, -0.1) is 0 Å². The molecule has 1 N–H and O–H groups in total. The van der Waals surface area contributed by atoms with Crippen LogP contribution in [0.25, 0.3) is 11.0 Å². The van der Waals surface area contributed by atoms with Crippen molar-refractivity contribution in [2.75, 3.05) is 13.1 Å². The molecule has 0 bridgehead atoms. The van der Waals surface area contributed by atoms with Gasteiger partial charge in [0, 0.05) is 18.7 Å². The first-order valence-corrected chi connectivity index (χ1v) is 8.06. The molecular formula is C18H22FNO4. The van der Waals surface area contributed by atoms with E-state index in [-0.39, 0.29) is 11.9 Å². The fourth-order valence-electron chi connectivity index (χ4n) is 3.05. The molecule has 1 amide bonds. The molecule has 1 aliphatic rings. The minimum Gasteiger partial charge on any atom is -0.464 e. The maximum absolute atomic E-state index is 13.8. The topological polar surface area (TPSA) is 62.9 Å². The average Bonchev–Trinajstić information content (AvgIpc) is 2.96. The van der Waals surface area contributed by atoms with E-state index in [0.29, 0.717) is 42.5 Å². The van der Waals surface area contributed by atoms with E-state index in [2.05, 4.69) is 0 Å². The predicted octanol–water partition coefficient (Wildman–Crippen LogP) is 3.79. The van der Waals surface area contributed by atoms with Crippen molar-refractivity contribution in [2.24, 2.45) is 0 Å². The lowest BCUT2D eigenvalue weighted by atomic mass is 9.83. The number of piperidine rings is 1. The molecule has 0 aliphatic carbocycles. The summed E-state index contributed by atoms with van der Waals surface area (Å²) in [5, 5.41) is 11.4. The molecule has 5 nitrogen and oxygen atoms in total. The zero-order valence-electron chi connectivity index (χ0n) is 14.1. The van der Waals surface area contributed by atoms with Crippen molar-refractivity contribution in [2.45, 2.75) is 44.8 Å². The van der Waals surface area contributed by atoms with Crippen LogP contribution in [0.5, 0.6) is 0 Å². The number of halogens is 1. The summed E-state index contributed by atoms with van der Waals surface area (Å²) >= 11 is 0. The molecule has 0 atom stereocenters. The first-order valence-electron chi connectivity index (χ1n) is 8.06. The molecule has 1 fully saturated rings. The first-order chi connectivity index (χ1) is 11.2. The molecule has 24 heavy (non-hydrogen) atoms. The molecule has 2 aromatic rings. The van der Waals surface area contributed by atoms with Crippen LogP contribution in [-0.2, 0) is 10.3 Å². The highest BCUT2D eigenvalue weighted by molar-refractivity contribution is 5.82. The standard InChI is InChI=1S/C18H22FNO4/c1-17(2,3)24-16(21)20-9-7-18(22,8-10-20)13-4-5-14(19)12-6-11-23-15(12)13/h4-6,11,22H,7-10H2,1-3H3. The Labute approximate surface area is 140 Å². The summed E-state index contributed by atoms with van der Waals surface area (Å²) in [5.41, 5.74) is -0.777. The number of furan rings is 1. The molecule has 1 aliphatic heterocycles. The summed E-state index contributed by atoms with van der Waals surface area (Å²) in [6.45, 7) is 6.18. The molecule has 130 valence electrons. The monoisotopic (exact) mass is 335 g/mol. The van der Waals surface area contributed by atoms with E-state index in [9.17, 15) is 14.3 Å². The third-order valence-electron chi connectivity index (χ3n) is 4.31. The molecule has 1 saturated heterocycles. The van der Waals surface area contributed by atoms with Crippen LogP contribution >= 0.6 is 0 Å². The number of carbonyl (C=O) groups is 1. The number of rotatable bonds is 1. The van der Waals surface area contributed by atoms with Gasteiger partial charge in [-0.25, -0.2) is 9.18 Å². The van der Waals surface area contributed by atoms with Crippen LogP contribution in [0.3, 0.4) is 0 Å². The van der Waals surface area contributed by atoms with E-state index < -0.39 is 11.2 Å². The number of hydrogen-bond acceptors (Lipinski definition) is 4. The van der Waals surface area contributed by atoms with E-state index in [1.54, 1.807) is 17.0 Å². The molecule has 0 spiro atoms. The number of hydrogen-bond donors (Lipinski definition) is 1. The number of amides is 1. The second-order valence-corrected chi connectivity index (χ2v) is 7.26. The van der Waals surface area contributed by atoms with Gasteiger partial charge in [0.05, 0.1) is 17.3 Å². The van der Waals surface area contributed by atoms with Crippen LogP contribution in [0, 0.1) is 5.82 Å². The number of fused-ring (bicyclic) bond motifs is 1. The van der Waals surface area contributed by atoms with E-state index in [1.165, 1.54) is 12.3 Å². The average molecular weight is 335 g/mol. The normalized spacial score (nSPS) is 18.0. The van der Waals surface area contributed by atoms with Gasteiger partial charge in [0.2, 0.25) is 0 Å². The van der Waals surface area contributed by atoms with E-state index in [4.69, 9.17) is 9.15 Å². The summed E-state index contributed by atoms with van der Waals surface area (Å²) in [6.07, 6.45) is 1.71. The molecule has 1 aromatic heterocycles. The van der Waals surface area contributed by atoms with Crippen LogP contribution in [0.15, 0.2) is 28.9 Å². The molecule has 0 saturated carbocycles. The molecule has 0 unspecified atom stereocenters. The van der Waals surface area contributed by atoms with Gasteiger partial charge in [0.1, 0.15) is 17.0 Å². The van der Waals surface area contributed by atoms with Crippen LogP contribution < -0.4 is 0 Å². The van der Waals surface area contributed by atoms with Gasteiger partial charge in [-0.3, -0.25) is 0 Å². The third-order valence-corrected chi connectivity index (χ3v) is 4.31. The molecular weight excluding hydrogens is 313 g/mol. The van der Waals surface area contributed by atoms with Gasteiger partial charge in [-0.2, -0.15) is 0 Å². The van der Waals surface area contributed by atoms with Gasteiger partial charge >= 0.3 is 6.09 Å². The number of nitrogens with zero attached hydrogens (tertiary/aromatic N) is 1. The Balaban J connectivity index is 1.78. The Morgan fingerprint density at radius 3 is 2.58 bits per heavy atom. The van der Waals surface area contributed by atoms with Crippen molar-refractivity contribution >= 4 is 17.1 Å². The minimum atomic E-state index is -1.15. The lowest BCUT2D eigenvalue weighted by Crippen LogP contribution is -2.46. The fourth-order valence-corrected chi connectivity index (χ4v) is 3.05. The second-order valence-electron chi connectivity index (χ2n) is 7.26. The highest BCUT2D eigenvalue weighted by Gasteiger charge is 2.38. The summed E-state index contributed by atoms with van der Waals surface area (Å²) in [6, 6.07) is 4.45. The quantitative estimate of drug-likeness (QED) is 0.861. The Kier molecular flexibility index (Phi) is 4.03. The Morgan fingerprint density at radius 2 is 1.96 bits per heavy atom. The summed E-state index contributed by atoms with van der Waals surface area (Å²) in [4.78, 5) is 13.7. The Bertz CT molecular complexity index is 754. The molecule has 3 rings (SSSR count). The molecule has 6 heteroatoms. The van der Waals surface area contributed by atoms with Crippen molar-refractivity contribution in [1.29, 1.82) is 0 Å². The van der Waals surface area contributed by atoms with Gasteiger partial charge < -0.3 is 19.2 Å². The number of ether oxygens (including phenoxy) is 1. The van der Waals surface area contributed by atoms with Crippen molar-refractivity contribution < 1.29 is 23.4 Å². The van der Waals surface area contributed by atoms with Gasteiger partial charge in [-0.1, -0.05) is 0 Å². The van der Waals surface area contributed by atoms with Crippen LogP contribution in [0.4, 0.5) is 9.18 Å². The summed E-state index contributed by atoms with van der Waals surface area (Å²) in [5.74, 6) is -0.378. The van der Waals surface area contributed by atoms with Gasteiger partial charge in [0.25, 0.3) is 0 Å². The minimum absolute atomic E-state index is 0.341. The zero-order valence-corrected chi connectivity index (χ0v) is 14.1.